The number of carbonyl (C=O) groups is 1. The highest BCUT2D eigenvalue weighted by molar-refractivity contribution is 6.22. The fraction of sp³-hybridized carbons (Fsp3) is 0.875. The Kier molecular flexibility index (Phi) is 3.35. The van der Waals surface area contributed by atoms with Crippen LogP contribution in [-0.2, 0) is 9.53 Å². The van der Waals surface area contributed by atoms with Crippen LogP contribution in [0, 0.1) is 0 Å². The van der Waals surface area contributed by atoms with Crippen LogP contribution in [0.1, 0.15) is 13.3 Å². The summed E-state index contributed by atoms with van der Waals surface area (Å²) in [6.07, 6.45) is 0.863. The number of halogens is 1. The van der Waals surface area contributed by atoms with E-state index >= 15 is 0 Å². The van der Waals surface area contributed by atoms with E-state index in [-0.39, 0.29) is 17.4 Å². The predicted octanol–water partition coefficient (Wildman–Crippen LogP) is 0.861. The van der Waals surface area contributed by atoms with Crippen molar-refractivity contribution >= 4 is 17.6 Å². The molecule has 0 unspecified atom stereocenters. The van der Waals surface area contributed by atoms with Gasteiger partial charge in [-0.3, -0.25) is 9.69 Å². The highest BCUT2D eigenvalue weighted by Gasteiger charge is 2.36. The van der Waals surface area contributed by atoms with E-state index in [1.165, 1.54) is 0 Å². The van der Waals surface area contributed by atoms with Crippen LogP contribution in [0.4, 0.5) is 0 Å². The van der Waals surface area contributed by atoms with E-state index in [1.54, 1.807) is 6.92 Å². The molecule has 3 nitrogen and oxygen atoms in total. The van der Waals surface area contributed by atoms with Crippen LogP contribution in [0.2, 0.25) is 0 Å². The van der Waals surface area contributed by atoms with Gasteiger partial charge in [-0.2, -0.15) is 0 Å². The van der Waals surface area contributed by atoms with Crippen molar-refractivity contribution in [2.75, 3.05) is 20.2 Å². The molecule has 0 spiro atoms. The molecule has 0 amide bonds. The summed E-state index contributed by atoms with van der Waals surface area (Å²) < 4.78 is 4.90. The molecular weight excluding hydrogens is 178 g/mol. The fourth-order valence-corrected chi connectivity index (χ4v) is 1.85. The van der Waals surface area contributed by atoms with Gasteiger partial charge in [0.05, 0.1) is 12.0 Å². The molecule has 0 N–H and O–H groups in total. The van der Waals surface area contributed by atoms with Crippen LogP contribution >= 0.6 is 11.6 Å². The van der Waals surface area contributed by atoms with Gasteiger partial charge in [-0.05, 0) is 20.4 Å². The number of likely N-dealkylation sites (N-methyl/N-ethyl adjacent to an activating group) is 1. The Labute approximate surface area is 77.6 Å². The maximum Gasteiger partial charge on any atom is 0.324 e. The van der Waals surface area contributed by atoms with Crippen molar-refractivity contribution in [2.24, 2.45) is 0 Å². The number of hydrogen-bond donors (Lipinski definition) is 0. The Balaban J connectivity index is 2.53. The lowest BCUT2D eigenvalue weighted by atomic mass is 10.2. The van der Waals surface area contributed by atoms with E-state index < -0.39 is 0 Å². The van der Waals surface area contributed by atoms with Gasteiger partial charge in [0, 0.05) is 6.54 Å². The van der Waals surface area contributed by atoms with Crippen LogP contribution in [0.25, 0.3) is 0 Å². The molecule has 1 saturated heterocycles. The van der Waals surface area contributed by atoms with Gasteiger partial charge in [-0.25, -0.2) is 0 Å². The first-order valence-electron chi connectivity index (χ1n) is 4.17. The van der Waals surface area contributed by atoms with Gasteiger partial charge >= 0.3 is 5.97 Å². The molecule has 0 aromatic rings. The van der Waals surface area contributed by atoms with Crippen LogP contribution < -0.4 is 0 Å². The van der Waals surface area contributed by atoms with Crippen molar-refractivity contribution in [3.8, 4) is 0 Å². The first-order chi connectivity index (χ1) is 5.66. The number of ether oxygens (including phenoxy) is 1. The van der Waals surface area contributed by atoms with Crippen molar-refractivity contribution in [2.45, 2.75) is 24.8 Å². The lowest BCUT2D eigenvalue weighted by Gasteiger charge is -2.19. The van der Waals surface area contributed by atoms with Crippen molar-refractivity contribution in [3.05, 3.63) is 0 Å². The zero-order valence-corrected chi connectivity index (χ0v) is 8.17. The van der Waals surface area contributed by atoms with Gasteiger partial charge in [0.25, 0.3) is 0 Å². The molecule has 1 aliphatic rings. The van der Waals surface area contributed by atoms with Gasteiger partial charge in [0.2, 0.25) is 0 Å². The average Bonchev–Trinajstić information content (AvgIpc) is 2.32. The van der Waals surface area contributed by atoms with E-state index in [1.807, 2.05) is 11.9 Å². The summed E-state index contributed by atoms with van der Waals surface area (Å²) in [5.74, 6) is -0.197. The van der Waals surface area contributed by atoms with Crippen LogP contribution in [0.3, 0.4) is 0 Å². The standard InChI is InChI=1S/C8H14ClNO2/c1-3-12-8(11)7-6(9)4-5-10(7)2/h6-7H,3-5H2,1-2H3/t6-,7-/m1/s1. The molecule has 1 heterocycles. The molecule has 0 saturated carbocycles. The molecule has 0 aromatic carbocycles. The van der Waals surface area contributed by atoms with Gasteiger partial charge < -0.3 is 4.74 Å². The normalized spacial score (nSPS) is 30.6. The quantitative estimate of drug-likeness (QED) is 0.479. The molecule has 0 aliphatic carbocycles. The second kappa shape index (κ2) is 4.10. The summed E-state index contributed by atoms with van der Waals surface area (Å²) in [6.45, 7) is 3.10. The molecule has 0 bridgehead atoms. The highest BCUT2D eigenvalue weighted by atomic mass is 35.5. The summed E-state index contributed by atoms with van der Waals surface area (Å²) in [6, 6.07) is -0.244. The second-order valence-electron chi connectivity index (χ2n) is 2.98. The Morgan fingerprint density at radius 2 is 2.42 bits per heavy atom. The summed E-state index contributed by atoms with van der Waals surface area (Å²) in [4.78, 5) is 13.3. The number of carbonyl (C=O) groups excluding carboxylic acids is 1. The largest absolute Gasteiger partial charge is 0.465 e. The zero-order valence-electron chi connectivity index (χ0n) is 7.42. The number of likely N-dealkylation sites (tertiary alicyclic amines) is 1. The maximum absolute atomic E-state index is 11.3. The number of esters is 1. The minimum Gasteiger partial charge on any atom is -0.465 e. The molecule has 4 heteroatoms. The van der Waals surface area contributed by atoms with Crippen molar-refractivity contribution < 1.29 is 9.53 Å². The lowest BCUT2D eigenvalue weighted by Crippen LogP contribution is -2.39. The van der Waals surface area contributed by atoms with E-state index in [2.05, 4.69) is 0 Å². The Morgan fingerprint density at radius 1 is 1.75 bits per heavy atom. The Morgan fingerprint density at radius 3 is 2.83 bits per heavy atom. The third-order valence-corrected chi connectivity index (χ3v) is 2.56. The summed E-state index contributed by atoms with van der Waals surface area (Å²) in [5, 5.41) is -0.0888. The number of rotatable bonds is 2. The van der Waals surface area contributed by atoms with Gasteiger partial charge in [0.15, 0.2) is 0 Å². The third-order valence-electron chi connectivity index (χ3n) is 2.10. The van der Waals surface area contributed by atoms with Crippen molar-refractivity contribution in [3.63, 3.8) is 0 Å². The summed E-state index contributed by atoms with van der Waals surface area (Å²) in [5.41, 5.74) is 0. The molecule has 1 rings (SSSR count). The molecular formula is C8H14ClNO2. The van der Waals surface area contributed by atoms with E-state index in [0.29, 0.717) is 6.61 Å². The van der Waals surface area contributed by atoms with E-state index in [9.17, 15) is 4.79 Å². The lowest BCUT2D eigenvalue weighted by molar-refractivity contribution is -0.147. The smallest absolute Gasteiger partial charge is 0.324 e. The van der Waals surface area contributed by atoms with E-state index in [4.69, 9.17) is 16.3 Å². The maximum atomic E-state index is 11.3. The average molecular weight is 192 g/mol. The van der Waals surface area contributed by atoms with Crippen molar-refractivity contribution in [1.82, 2.24) is 4.90 Å². The fourth-order valence-electron chi connectivity index (χ4n) is 1.46. The third kappa shape index (κ3) is 1.90. The summed E-state index contributed by atoms with van der Waals surface area (Å²) >= 11 is 5.96. The molecule has 0 aromatic heterocycles. The molecule has 2 atom stereocenters. The molecule has 0 radical (unpaired) electrons. The SMILES string of the molecule is CCOC(=O)[C@H]1[C@H](Cl)CCN1C. The minimum atomic E-state index is -0.244. The van der Waals surface area contributed by atoms with Gasteiger partial charge in [-0.1, -0.05) is 0 Å². The Bertz CT molecular complexity index is 164. The highest BCUT2D eigenvalue weighted by Crippen LogP contribution is 2.22. The second-order valence-corrected chi connectivity index (χ2v) is 3.54. The zero-order chi connectivity index (χ0) is 9.14. The number of hydrogen-bond acceptors (Lipinski definition) is 3. The Hall–Kier alpha value is -0.280. The monoisotopic (exact) mass is 191 g/mol. The molecule has 1 aliphatic heterocycles. The topological polar surface area (TPSA) is 29.5 Å². The molecule has 12 heavy (non-hydrogen) atoms. The van der Waals surface area contributed by atoms with Crippen LogP contribution in [0.15, 0.2) is 0 Å². The molecule has 1 fully saturated rings. The van der Waals surface area contributed by atoms with Gasteiger partial charge in [0.1, 0.15) is 6.04 Å². The van der Waals surface area contributed by atoms with Crippen molar-refractivity contribution in [1.29, 1.82) is 0 Å². The van der Waals surface area contributed by atoms with Gasteiger partial charge in [-0.15, -0.1) is 11.6 Å². The molecule has 70 valence electrons. The van der Waals surface area contributed by atoms with Crippen LogP contribution in [-0.4, -0.2) is 42.5 Å². The van der Waals surface area contributed by atoms with Crippen LogP contribution in [0.5, 0.6) is 0 Å². The predicted molar refractivity (Wildman–Crippen MR) is 47.3 cm³/mol. The first-order valence-corrected chi connectivity index (χ1v) is 4.61. The number of alkyl halides is 1. The number of nitrogens with zero attached hydrogens (tertiary/aromatic N) is 1. The summed E-state index contributed by atoms with van der Waals surface area (Å²) in [7, 11) is 1.89. The van der Waals surface area contributed by atoms with E-state index in [0.717, 1.165) is 13.0 Å². The minimum absolute atomic E-state index is 0.0888. The first kappa shape index (κ1) is 9.81.